The van der Waals surface area contributed by atoms with Crippen LogP contribution in [0.25, 0.3) is 0 Å². The molecule has 0 amide bonds. The van der Waals surface area contributed by atoms with E-state index in [2.05, 4.69) is 27.2 Å². The van der Waals surface area contributed by atoms with Gasteiger partial charge in [0, 0.05) is 23.8 Å². The standard InChI is InChI=1S/C11H16N4S/c1-3-9(11-12-4-5-13-11)14-6-10-8(2)15-7-16-10/h4-5,7,9,14H,3,6H2,1-2H3,(H,12,13). The van der Waals surface area contributed by atoms with Gasteiger partial charge in [0.25, 0.3) is 0 Å². The number of hydrogen-bond acceptors (Lipinski definition) is 4. The molecule has 16 heavy (non-hydrogen) atoms. The zero-order valence-corrected chi connectivity index (χ0v) is 10.3. The highest BCUT2D eigenvalue weighted by molar-refractivity contribution is 7.09. The third-order valence-corrected chi connectivity index (χ3v) is 3.55. The molecule has 2 aromatic heterocycles. The van der Waals surface area contributed by atoms with Crippen molar-refractivity contribution in [1.29, 1.82) is 0 Å². The molecule has 86 valence electrons. The highest BCUT2D eigenvalue weighted by atomic mass is 32.1. The highest BCUT2D eigenvalue weighted by Crippen LogP contribution is 2.16. The number of rotatable bonds is 5. The van der Waals surface area contributed by atoms with E-state index in [0.717, 1.165) is 24.5 Å². The van der Waals surface area contributed by atoms with Crippen LogP contribution in [-0.4, -0.2) is 15.0 Å². The van der Waals surface area contributed by atoms with E-state index >= 15 is 0 Å². The maximum atomic E-state index is 4.28. The predicted octanol–water partition coefficient (Wildman–Crippen LogP) is 2.42. The first-order valence-electron chi connectivity index (χ1n) is 5.43. The molecule has 2 N–H and O–H groups in total. The summed E-state index contributed by atoms with van der Waals surface area (Å²) in [4.78, 5) is 13.0. The number of aromatic nitrogens is 3. The molecule has 0 aliphatic carbocycles. The van der Waals surface area contributed by atoms with Gasteiger partial charge in [-0.1, -0.05) is 6.92 Å². The van der Waals surface area contributed by atoms with Gasteiger partial charge in [-0.3, -0.25) is 0 Å². The van der Waals surface area contributed by atoms with Gasteiger partial charge in [0.15, 0.2) is 0 Å². The van der Waals surface area contributed by atoms with E-state index in [4.69, 9.17) is 0 Å². The summed E-state index contributed by atoms with van der Waals surface area (Å²) in [6.07, 6.45) is 4.67. The maximum absolute atomic E-state index is 4.28. The van der Waals surface area contributed by atoms with Crippen LogP contribution in [0, 0.1) is 6.92 Å². The minimum Gasteiger partial charge on any atom is -0.347 e. The fourth-order valence-electron chi connectivity index (χ4n) is 1.61. The molecule has 4 nitrogen and oxygen atoms in total. The van der Waals surface area contributed by atoms with E-state index < -0.39 is 0 Å². The molecule has 2 aromatic rings. The van der Waals surface area contributed by atoms with Gasteiger partial charge in [-0.05, 0) is 13.3 Å². The van der Waals surface area contributed by atoms with Crippen molar-refractivity contribution < 1.29 is 0 Å². The Bertz CT molecular complexity index is 421. The van der Waals surface area contributed by atoms with Crippen molar-refractivity contribution in [3.63, 3.8) is 0 Å². The van der Waals surface area contributed by atoms with Crippen molar-refractivity contribution in [3.05, 3.63) is 34.3 Å². The second kappa shape index (κ2) is 5.23. The molecule has 0 aliphatic rings. The number of imidazole rings is 1. The number of nitrogens with one attached hydrogen (secondary N) is 2. The Kier molecular flexibility index (Phi) is 3.69. The lowest BCUT2D eigenvalue weighted by Crippen LogP contribution is -2.21. The fraction of sp³-hybridized carbons (Fsp3) is 0.455. The Morgan fingerprint density at radius 1 is 1.50 bits per heavy atom. The van der Waals surface area contributed by atoms with Gasteiger partial charge in [0.05, 0.1) is 17.2 Å². The summed E-state index contributed by atoms with van der Waals surface area (Å²) in [5.41, 5.74) is 3.01. The lowest BCUT2D eigenvalue weighted by Gasteiger charge is -2.13. The first-order chi connectivity index (χ1) is 7.81. The minimum atomic E-state index is 0.288. The molecule has 2 rings (SSSR count). The molecule has 0 bridgehead atoms. The number of aryl methyl sites for hydroxylation is 1. The van der Waals surface area contributed by atoms with Crippen molar-refractivity contribution >= 4 is 11.3 Å². The molecule has 0 fully saturated rings. The normalized spacial score (nSPS) is 12.9. The minimum absolute atomic E-state index is 0.288. The fourth-order valence-corrected chi connectivity index (χ4v) is 2.34. The van der Waals surface area contributed by atoms with Gasteiger partial charge < -0.3 is 10.3 Å². The van der Waals surface area contributed by atoms with Crippen molar-refractivity contribution in [3.8, 4) is 0 Å². The van der Waals surface area contributed by atoms with E-state index in [0.29, 0.717) is 0 Å². The van der Waals surface area contributed by atoms with Crippen LogP contribution in [0.3, 0.4) is 0 Å². The van der Waals surface area contributed by atoms with E-state index in [9.17, 15) is 0 Å². The molecule has 0 aliphatic heterocycles. The van der Waals surface area contributed by atoms with Gasteiger partial charge in [0.1, 0.15) is 5.82 Å². The summed E-state index contributed by atoms with van der Waals surface area (Å²) in [7, 11) is 0. The Morgan fingerprint density at radius 2 is 2.38 bits per heavy atom. The lowest BCUT2D eigenvalue weighted by atomic mass is 10.2. The Morgan fingerprint density at radius 3 is 2.94 bits per heavy atom. The third kappa shape index (κ3) is 2.48. The molecular formula is C11H16N4S. The van der Waals surface area contributed by atoms with Gasteiger partial charge >= 0.3 is 0 Å². The van der Waals surface area contributed by atoms with Crippen molar-refractivity contribution in [2.45, 2.75) is 32.9 Å². The average Bonchev–Trinajstić information content (AvgIpc) is 2.92. The van der Waals surface area contributed by atoms with Crippen LogP contribution in [0.15, 0.2) is 17.9 Å². The van der Waals surface area contributed by atoms with Crippen molar-refractivity contribution in [2.24, 2.45) is 0 Å². The van der Waals surface area contributed by atoms with Crippen LogP contribution in [0.5, 0.6) is 0 Å². The van der Waals surface area contributed by atoms with Gasteiger partial charge in [0.2, 0.25) is 0 Å². The summed E-state index contributed by atoms with van der Waals surface area (Å²) >= 11 is 1.70. The van der Waals surface area contributed by atoms with E-state index in [1.54, 1.807) is 17.5 Å². The molecule has 5 heteroatoms. The summed E-state index contributed by atoms with van der Waals surface area (Å²) in [6, 6.07) is 0.288. The summed E-state index contributed by atoms with van der Waals surface area (Å²) < 4.78 is 0. The summed E-state index contributed by atoms with van der Waals surface area (Å²) in [5.74, 6) is 1.00. The summed E-state index contributed by atoms with van der Waals surface area (Å²) in [6.45, 7) is 5.05. The molecule has 0 saturated carbocycles. The maximum Gasteiger partial charge on any atom is 0.123 e. The Balaban J connectivity index is 1.96. The smallest absolute Gasteiger partial charge is 0.123 e. The molecule has 0 radical (unpaired) electrons. The Labute approximate surface area is 99.2 Å². The zero-order valence-electron chi connectivity index (χ0n) is 9.53. The number of hydrogen-bond donors (Lipinski definition) is 2. The number of thiazole rings is 1. The molecular weight excluding hydrogens is 220 g/mol. The summed E-state index contributed by atoms with van der Waals surface area (Å²) in [5, 5.41) is 3.49. The van der Waals surface area contributed by atoms with Crippen LogP contribution in [-0.2, 0) is 6.54 Å². The van der Waals surface area contributed by atoms with Gasteiger partial charge in [-0.15, -0.1) is 11.3 Å². The number of H-pyrrole nitrogens is 1. The van der Waals surface area contributed by atoms with Crippen LogP contribution < -0.4 is 5.32 Å². The molecule has 0 spiro atoms. The van der Waals surface area contributed by atoms with Crippen molar-refractivity contribution in [1.82, 2.24) is 20.3 Å². The first-order valence-corrected chi connectivity index (χ1v) is 6.30. The monoisotopic (exact) mass is 236 g/mol. The van der Waals surface area contributed by atoms with Crippen LogP contribution in [0.1, 0.15) is 35.8 Å². The van der Waals surface area contributed by atoms with Gasteiger partial charge in [-0.25, -0.2) is 9.97 Å². The second-order valence-electron chi connectivity index (χ2n) is 3.68. The van der Waals surface area contributed by atoms with Crippen molar-refractivity contribution in [2.75, 3.05) is 0 Å². The topological polar surface area (TPSA) is 53.6 Å². The lowest BCUT2D eigenvalue weighted by molar-refractivity contribution is 0.499. The number of aromatic amines is 1. The highest BCUT2D eigenvalue weighted by Gasteiger charge is 2.11. The SMILES string of the molecule is CCC(NCc1scnc1C)c1ncc[nH]1. The first kappa shape index (κ1) is 11.3. The zero-order chi connectivity index (χ0) is 11.4. The second-order valence-corrected chi connectivity index (χ2v) is 4.62. The van der Waals surface area contributed by atoms with Crippen LogP contribution in [0.2, 0.25) is 0 Å². The quantitative estimate of drug-likeness (QED) is 0.838. The Hall–Kier alpha value is -1.20. The predicted molar refractivity (Wildman–Crippen MR) is 65.3 cm³/mol. The number of nitrogens with zero attached hydrogens (tertiary/aromatic N) is 2. The molecule has 0 aromatic carbocycles. The third-order valence-electron chi connectivity index (χ3n) is 2.61. The molecule has 0 saturated heterocycles. The van der Waals surface area contributed by atoms with Gasteiger partial charge in [-0.2, -0.15) is 0 Å². The van der Waals surface area contributed by atoms with E-state index in [-0.39, 0.29) is 6.04 Å². The molecule has 1 unspecified atom stereocenters. The average molecular weight is 236 g/mol. The largest absolute Gasteiger partial charge is 0.347 e. The molecule has 1 atom stereocenters. The van der Waals surface area contributed by atoms with Crippen LogP contribution in [0.4, 0.5) is 0 Å². The molecule has 2 heterocycles. The van der Waals surface area contributed by atoms with E-state index in [1.807, 2.05) is 18.6 Å². The van der Waals surface area contributed by atoms with Crippen LogP contribution >= 0.6 is 11.3 Å². The van der Waals surface area contributed by atoms with E-state index in [1.165, 1.54) is 4.88 Å².